The van der Waals surface area contributed by atoms with Crippen molar-refractivity contribution in [1.82, 2.24) is 4.98 Å². The Morgan fingerprint density at radius 1 is 1.44 bits per heavy atom. The van der Waals surface area contributed by atoms with E-state index < -0.39 is 0 Å². The van der Waals surface area contributed by atoms with Crippen molar-refractivity contribution in [1.29, 1.82) is 0 Å². The Morgan fingerprint density at radius 3 is 3.00 bits per heavy atom. The van der Waals surface area contributed by atoms with E-state index in [0.717, 1.165) is 24.5 Å². The zero-order valence-corrected chi connectivity index (χ0v) is 9.91. The zero-order chi connectivity index (χ0) is 11.2. The van der Waals surface area contributed by atoms with Crippen LogP contribution in [0.25, 0.3) is 0 Å². The van der Waals surface area contributed by atoms with Crippen molar-refractivity contribution in [3.8, 4) is 0 Å². The van der Waals surface area contributed by atoms with Crippen LogP contribution < -0.4 is 5.32 Å². The van der Waals surface area contributed by atoms with Gasteiger partial charge in [0.15, 0.2) is 0 Å². The third-order valence-corrected chi connectivity index (χ3v) is 2.98. The van der Waals surface area contributed by atoms with Gasteiger partial charge in [0.2, 0.25) is 0 Å². The van der Waals surface area contributed by atoms with Crippen LogP contribution in [0.2, 0.25) is 0 Å². The van der Waals surface area contributed by atoms with Crippen LogP contribution in [-0.4, -0.2) is 24.2 Å². The first-order valence-corrected chi connectivity index (χ1v) is 6.13. The van der Waals surface area contributed by atoms with Gasteiger partial charge in [-0.3, -0.25) is 4.98 Å². The van der Waals surface area contributed by atoms with E-state index in [-0.39, 0.29) is 0 Å². The number of hydrogen-bond acceptors (Lipinski definition) is 3. The van der Waals surface area contributed by atoms with Gasteiger partial charge in [-0.2, -0.15) is 0 Å². The fraction of sp³-hybridized carbons (Fsp3) is 0.615. The largest absolute Gasteiger partial charge is 0.383 e. The van der Waals surface area contributed by atoms with Crippen molar-refractivity contribution < 1.29 is 4.74 Å². The summed E-state index contributed by atoms with van der Waals surface area (Å²) in [5, 5.41) is 3.34. The Bertz CT molecular complexity index is 321. The number of aromatic nitrogens is 1. The van der Waals surface area contributed by atoms with E-state index in [4.69, 9.17) is 4.74 Å². The fourth-order valence-electron chi connectivity index (χ4n) is 2.13. The second kappa shape index (κ2) is 5.85. The van der Waals surface area contributed by atoms with Crippen LogP contribution in [0.5, 0.6) is 0 Å². The maximum Gasteiger partial charge on any atom is 0.0642 e. The molecule has 1 saturated carbocycles. The topological polar surface area (TPSA) is 34.1 Å². The van der Waals surface area contributed by atoms with Crippen LogP contribution in [0.15, 0.2) is 18.3 Å². The summed E-state index contributed by atoms with van der Waals surface area (Å²) in [6.45, 7) is 3.67. The van der Waals surface area contributed by atoms with Crippen LogP contribution in [0.4, 0.5) is 5.69 Å². The highest BCUT2D eigenvalue weighted by atomic mass is 16.5. The van der Waals surface area contributed by atoms with Gasteiger partial charge in [0.25, 0.3) is 0 Å². The number of rotatable bonds is 5. The molecular formula is C13H20N2O. The molecule has 0 unspecified atom stereocenters. The predicted octanol–water partition coefficient (Wildman–Crippen LogP) is 2.76. The van der Waals surface area contributed by atoms with E-state index in [1.54, 1.807) is 0 Å². The van der Waals surface area contributed by atoms with Crippen molar-refractivity contribution in [2.45, 2.75) is 38.7 Å². The summed E-state index contributed by atoms with van der Waals surface area (Å²) in [5.74, 6) is 0. The lowest BCUT2D eigenvalue weighted by Crippen LogP contribution is -2.15. The van der Waals surface area contributed by atoms with Crippen LogP contribution in [0.1, 0.15) is 31.4 Å². The summed E-state index contributed by atoms with van der Waals surface area (Å²) in [4.78, 5) is 4.16. The molecule has 1 fully saturated rings. The minimum atomic E-state index is 0.515. The molecular weight excluding hydrogens is 200 g/mol. The molecule has 0 atom stereocenters. The van der Waals surface area contributed by atoms with Gasteiger partial charge >= 0.3 is 0 Å². The Morgan fingerprint density at radius 2 is 2.25 bits per heavy atom. The molecule has 1 N–H and O–H groups in total. The molecule has 0 aliphatic heterocycles. The molecule has 88 valence electrons. The average molecular weight is 220 g/mol. The maximum atomic E-state index is 5.78. The summed E-state index contributed by atoms with van der Waals surface area (Å²) in [6.07, 6.45) is 7.50. The number of nitrogens with zero attached hydrogens (tertiary/aromatic N) is 1. The van der Waals surface area contributed by atoms with Crippen molar-refractivity contribution in [2.75, 3.05) is 18.5 Å². The third-order valence-electron chi connectivity index (χ3n) is 2.98. The first-order chi connectivity index (χ1) is 7.84. The van der Waals surface area contributed by atoms with Crippen molar-refractivity contribution in [2.24, 2.45) is 0 Å². The molecule has 1 heterocycles. The first kappa shape index (κ1) is 11.4. The predicted molar refractivity (Wildman–Crippen MR) is 65.7 cm³/mol. The quantitative estimate of drug-likeness (QED) is 0.775. The minimum absolute atomic E-state index is 0.515. The molecule has 1 aromatic heterocycles. The third kappa shape index (κ3) is 3.49. The lowest BCUT2D eigenvalue weighted by molar-refractivity contribution is 0.0659. The number of hydrogen-bond donors (Lipinski definition) is 1. The van der Waals surface area contributed by atoms with Gasteiger partial charge in [0.1, 0.15) is 0 Å². The molecule has 1 aromatic rings. The standard InChI is InChI=1S/C13H20N2O/c1-11-10-12(6-7-14-11)15-8-9-16-13-4-2-3-5-13/h6-7,10,13H,2-5,8-9H2,1H3,(H,14,15). The van der Waals surface area contributed by atoms with E-state index in [9.17, 15) is 0 Å². The van der Waals surface area contributed by atoms with E-state index >= 15 is 0 Å². The Kier molecular flexibility index (Phi) is 4.17. The fourth-order valence-corrected chi connectivity index (χ4v) is 2.13. The van der Waals surface area contributed by atoms with Gasteiger partial charge in [0, 0.05) is 24.1 Å². The molecule has 3 nitrogen and oxygen atoms in total. The smallest absolute Gasteiger partial charge is 0.0642 e. The normalized spacial score (nSPS) is 16.6. The van der Waals surface area contributed by atoms with Crippen LogP contribution in [0.3, 0.4) is 0 Å². The zero-order valence-electron chi connectivity index (χ0n) is 9.91. The highest BCUT2D eigenvalue weighted by Crippen LogP contribution is 2.20. The van der Waals surface area contributed by atoms with E-state index in [1.807, 2.05) is 19.2 Å². The second-order valence-corrected chi connectivity index (χ2v) is 4.39. The van der Waals surface area contributed by atoms with Crippen molar-refractivity contribution in [3.63, 3.8) is 0 Å². The molecule has 0 aromatic carbocycles. The molecule has 0 bridgehead atoms. The summed E-state index contributed by atoms with van der Waals surface area (Å²) in [6, 6.07) is 4.04. The van der Waals surface area contributed by atoms with Gasteiger partial charge < -0.3 is 10.1 Å². The molecule has 0 radical (unpaired) electrons. The van der Waals surface area contributed by atoms with Crippen molar-refractivity contribution in [3.05, 3.63) is 24.0 Å². The van der Waals surface area contributed by atoms with Crippen LogP contribution >= 0.6 is 0 Å². The van der Waals surface area contributed by atoms with Gasteiger partial charge in [-0.15, -0.1) is 0 Å². The molecule has 0 amide bonds. The highest BCUT2D eigenvalue weighted by molar-refractivity contribution is 5.42. The Hall–Kier alpha value is -1.09. The number of aryl methyl sites for hydroxylation is 1. The molecule has 0 spiro atoms. The van der Waals surface area contributed by atoms with Gasteiger partial charge in [0.05, 0.1) is 12.7 Å². The number of anilines is 1. The van der Waals surface area contributed by atoms with Crippen molar-refractivity contribution >= 4 is 5.69 Å². The summed E-state index contributed by atoms with van der Waals surface area (Å²) in [7, 11) is 0. The molecule has 1 aliphatic carbocycles. The highest BCUT2D eigenvalue weighted by Gasteiger charge is 2.14. The van der Waals surface area contributed by atoms with E-state index in [0.29, 0.717) is 6.10 Å². The second-order valence-electron chi connectivity index (χ2n) is 4.39. The van der Waals surface area contributed by atoms with Crippen LogP contribution in [0, 0.1) is 6.92 Å². The van der Waals surface area contributed by atoms with E-state index in [1.165, 1.54) is 25.7 Å². The lowest BCUT2D eigenvalue weighted by atomic mass is 10.3. The monoisotopic (exact) mass is 220 g/mol. The molecule has 16 heavy (non-hydrogen) atoms. The molecule has 2 rings (SSSR count). The summed E-state index contributed by atoms with van der Waals surface area (Å²) < 4.78 is 5.78. The first-order valence-electron chi connectivity index (χ1n) is 6.13. The maximum absolute atomic E-state index is 5.78. The summed E-state index contributed by atoms with van der Waals surface area (Å²) in [5.41, 5.74) is 2.17. The molecule has 1 aliphatic rings. The number of nitrogens with one attached hydrogen (secondary N) is 1. The van der Waals surface area contributed by atoms with Gasteiger partial charge in [-0.25, -0.2) is 0 Å². The molecule has 3 heteroatoms. The minimum Gasteiger partial charge on any atom is -0.383 e. The molecule has 0 saturated heterocycles. The Balaban J connectivity index is 1.64. The van der Waals surface area contributed by atoms with E-state index in [2.05, 4.69) is 16.4 Å². The lowest BCUT2D eigenvalue weighted by Gasteiger charge is -2.12. The van der Waals surface area contributed by atoms with Crippen LogP contribution in [-0.2, 0) is 4.74 Å². The number of ether oxygens (including phenoxy) is 1. The number of pyridine rings is 1. The summed E-state index contributed by atoms with van der Waals surface area (Å²) >= 11 is 0. The van der Waals surface area contributed by atoms with Gasteiger partial charge in [-0.1, -0.05) is 12.8 Å². The SMILES string of the molecule is Cc1cc(NCCOC2CCCC2)ccn1. The average Bonchev–Trinajstić information content (AvgIpc) is 2.77. The van der Waals surface area contributed by atoms with Gasteiger partial charge in [-0.05, 0) is 31.9 Å². The Labute approximate surface area is 97.2 Å².